The van der Waals surface area contributed by atoms with Crippen LogP contribution in [0.4, 0.5) is 15.8 Å². The van der Waals surface area contributed by atoms with Crippen molar-refractivity contribution in [2.24, 2.45) is 0 Å². The summed E-state index contributed by atoms with van der Waals surface area (Å²) >= 11 is 0. The number of benzene rings is 2. The van der Waals surface area contributed by atoms with Crippen molar-refractivity contribution in [3.63, 3.8) is 0 Å². The summed E-state index contributed by atoms with van der Waals surface area (Å²) in [6.45, 7) is 1.22. The van der Waals surface area contributed by atoms with Gasteiger partial charge in [0.05, 0.1) is 5.69 Å². The van der Waals surface area contributed by atoms with Gasteiger partial charge >= 0.3 is 0 Å². The third-order valence-corrected chi connectivity index (χ3v) is 5.16. The van der Waals surface area contributed by atoms with Gasteiger partial charge in [-0.15, -0.1) is 0 Å². The number of piperidine rings is 1. The highest BCUT2D eigenvalue weighted by Gasteiger charge is 2.30. The molecule has 2 amide bonds. The van der Waals surface area contributed by atoms with Crippen molar-refractivity contribution in [1.29, 1.82) is 0 Å². The van der Waals surface area contributed by atoms with Gasteiger partial charge in [-0.3, -0.25) is 14.5 Å². The van der Waals surface area contributed by atoms with Gasteiger partial charge in [0.2, 0.25) is 5.91 Å². The molecule has 0 bridgehead atoms. The molecule has 28 heavy (non-hydrogen) atoms. The molecule has 4 rings (SSSR count). The number of likely N-dealkylation sites (tertiary alicyclic amines) is 1. The van der Waals surface area contributed by atoms with Crippen molar-refractivity contribution >= 4 is 23.2 Å². The first-order valence-corrected chi connectivity index (χ1v) is 9.42. The second-order valence-corrected chi connectivity index (χ2v) is 7.04. The minimum Gasteiger partial charge on any atom is -0.482 e. The Kier molecular flexibility index (Phi) is 5.14. The molecular weight excluding hydrogens is 361 g/mol. The number of nitrogens with one attached hydrogen (secondary N) is 1. The van der Waals surface area contributed by atoms with Gasteiger partial charge in [0.1, 0.15) is 18.1 Å². The Morgan fingerprint density at radius 1 is 1.11 bits per heavy atom. The van der Waals surface area contributed by atoms with Crippen LogP contribution in [0.1, 0.15) is 12.8 Å². The third-order valence-electron chi connectivity index (χ3n) is 5.16. The third kappa shape index (κ3) is 3.93. The second kappa shape index (κ2) is 7.88. The Labute approximate surface area is 162 Å². The molecule has 0 atom stereocenters. The number of fused-ring (bicyclic) bond motifs is 1. The number of anilines is 2. The second-order valence-electron chi connectivity index (χ2n) is 7.04. The van der Waals surface area contributed by atoms with Crippen LogP contribution in [0, 0.1) is 5.82 Å². The van der Waals surface area contributed by atoms with Gasteiger partial charge in [0.25, 0.3) is 5.91 Å². The molecule has 2 heterocycles. The number of halogens is 1. The summed E-state index contributed by atoms with van der Waals surface area (Å²) in [5.74, 6) is 0.0903. The highest BCUT2D eigenvalue weighted by Crippen LogP contribution is 2.31. The minimum atomic E-state index is -0.259. The maximum absolute atomic E-state index is 13.0. The van der Waals surface area contributed by atoms with Gasteiger partial charge in [-0.05, 0) is 49.2 Å². The molecule has 6 nitrogen and oxygen atoms in total. The summed E-state index contributed by atoms with van der Waals surface area (Å²) in [5.41, 5.74) is 1.52. The standard InChI is InChI=1S/C21H22FN3O3/c22-15-5-7-16(8-6-15)23-17-9-11-24(12-10-17)20(26)13-25-18-3-1-2-4-19(18)28-14-21(25)27/h1-8,17,23H,9-14H2. The van der Waals surface area contributed by atoms with E-state index in [4.69, 9.17) is 4.74 Å². The van der Waals surface area contributed by atoms with E-state index in [2.05, 4.69) is 5.32 Å². The Hall–Kier alpha value is -3.09. The number of carbonyl (C=O) groups excluding carboxylic acids is 2. The van der Waals surface area contributed by atoms with E-state index in [-0.39, 0.29) is 36.8 Å². The number of hydrogen-bond donors (Lipinski definition) is 1. The van der Waals surface area contributed by atoms with Crippen LogP contribution < -0.4 is 15.0 Å². The quantitative estimate of drug-likeness (QED) is 0.882. The molecule has 1 saturated heterocycles. The summed E-state index contributed by atoms with van der Waals surface area (Å²) in [6, 6.07) is 13.8. The van der Waals surface area contributed by atoms with Gasteiger partial charge in [-0.1, -0.05) is 12.1 Å². The smallest absolute Gasteiger partial charge is 0.265 e. The van der Waals surface area contributed by atoms with Crippen molar-refractivity contribution < 1.29 is 18.7 Å². The fourth-order valence-electron chi connectivity index (χ4n) is 3.62. The van der Waals surface area contributed by atoms with Crippen LogP contribution in [0.15, 0.2) is 48.5 Å². The van der Waals surface area contributed by atoms with E-state index >= 15 is 0 Å². The fraction of sp³-hybridized carbons (Fsp3) is 0.333. The highest BCUT2D eigenvalue weighted by atomic mass is 19.1. The van der Waals surface area contributed by atoms with E-state index in [1.54, 1.807) is 29.2 Å². The van der Waals surface area contributed by atoms with Gasteiger partial charge in [0, 0.05) is 24.8 Å². The largest absolute Gasteiger partial charge is 0.482 e. The van der Waals surface area contributed by atoms with Crippen molar-refractivity contribution in [2.75, 3.05) is 36.5 Å². The number of para-hydroxylation sites is 2. The first-order valence-electron chi connectivity index (χ1n) is 9.42. The topological polar surface area (TPSA) is 61.9 Å². The molecule has 1 N–H and O–H groups in total. The zero-order valence-electron chi connectivity index (χ0n) is 15.4. The molecule has 2 aromatic carbocycles. The predicted octanol–water partition coefficient (Wildman–Crippen LogP) is 2.65. The Morgan fingerprint density at radius 2 is 1.82 bits per heavy atom. The van der Waals surface area contributed by atoms with Gasteiger partial charge < -0.3 is 15.0 Å². The van der Waals surface area contributed by atoms with Crippen LogP contribution in [0.3, 0.4) is 0 Å². The van der Waals surface area contributed by atoms with Crippen LogP contribution in [0.25, 0.3) is 0 Å². The van der Waals surface area contributed by atoms with Crippen molar-refractivity contribution in [3.05, 3.63) is 54.3 Å². The first-order chi connectivity index (χ1) is 13.6. The summed E-state index contributed by atoms with van der Waals surface area (Å²) in [7, 11) is 0. The van der Waals surface area contributed by atoms with Crippen LogP contribution in [0.2, 0.25) is 0 Å². The van der Waals surface area contributed by atoms with Crippen LogP contribution in [-0.2, 0) is 9.59 Å². The van der Waals surface area contributed by atoms with Crippen molar-refractivity contribution in [1.82, 2.24) is 4.90 Å². The Morgan fingerprint density at radius 3 is 2.57 bits per heavy atom. The summed E-state index contributed by atoms with van der Waals surface area (Å²) in [6.07, 6.45) is 1.60. The van der Waals surface area contributed by atoms with E-state index in [0.717, 1.165) is 18.5 Å². The van der Waals surface area contributed by atoms with Crippen LogP contribution >= 0.6 is 0 Å². The molecule has 146 valence electrons. The zero-order valence-corrected chi connectivity index (χ0v) is 15.4. The monoisotopic (exact) mass is 383 g/mol. The highest BCUT2D eigenvalue weighted by molar-refractivity contribution is 6.02. The molecule has 0 spiro atoms. The molecule has 0 radical (unpaired) electrons. The first kappa shape index (κ1) is 18.3. The zero-order chi connectivity index (χ0) is 19.5. The maximum Gasteiger partial charge on any atom is 0.265 e. The molecule has 0 unspecified atom stereocenters. The maximum atomic E-state index is 13.0. The van der Waals surface area contributed by atoms with Gasteiger partial charge in [0.15, 0.2) is 6.61 Å². The number of hydrogen-bond acceptors (Lipinski definition) is 4. The molecule has 0 aliphatic carbocycles. The molecule has 7 heteroatoms. The molecule has 2 aromatic rings. The van der Waals surface area contributed by atoms with E-state index in [9.17, 15) is 14.0 Å². The molecule has 2 aliphatic heterocycles. The number of amides is 2. The van der Waals surface area contributed by atoms with Gasteiger partial charge in [-0.2, -0.15) is 0 Å². The van der Waals surface area contributed by atoms with E-state index in [1.807, 2.05) is 12.1 Å². The lowest BCUT2D eigenvalue weighted by Gasteiger charge is -2.35. The van der Waals surface area contributed by atoms with E-state index < -0.39 is 0 Å². The van der Waals surface area contributed by atoms with E-state index in [1.165, 1.54) is 17.0 Å². The lowest BCUT2D eigenvalue weighted by molar-refractivity contribution is -0.132. The number of nitrogens with zero attached hydrogens (tertiary/aromatic N) is 2. The average molecular weight is 383 g/mol. The molecule has 2 aliphatic rings. The minimum absolute atomic E-state index is 0.0231. The summed E-state index contributed by atoms with van der Waals surface area (Å²) in [5, 5.41) is 3.38. The molecular formula is C21H22FN3O3. The SMILES string of the molecule is O=C(CN1C(=O)COc2ccccc21)N1CCC(Nc2ccc(F)cc2)CC1. The molecule has 0 aromatic heterocycles. The predicted molar refractivity (Wildman–Crippen MR) is 104 cm³/mol. The Balaban J connectivity index is 1.33. The van der Waals surface area contributed by atoms with Gasteiger partial charge in [-0.25, -0.2) is 4.39 Å². The number of rotatable bonds is 4. The lowest BCUT2D eigenvalue weighted by atomic mass is 10.0. The van der Waals surface area contributed by atoms with Crippen molar-refractivity contribution in [3.8, 4) is 5.75 Å². The normalized spacial score (nSPS) is 17.1. The molecule has 0 saturated carbocycles. The summed E-state index contributed by atoms with van der Waals surface area (Å²) in [4.78, 5) is 28.3. The van der Waals surface area contributed by atoms with Crippen LogP contribution in [0.5, 0.6) is 5.75 Å². The fourth-order valence-corrected chi connectivity index (χ4v) is 3.62. The van der Waals surface area contributed by atoms with E-state index in [0.29, 0.717) is 24.5 Å². The number of ether oxygens (including phenoxy) is 1. The lowest BCUT2D eigenvalue weighted by Crippen LogP contribution is -2.49. The molecule has 1 fully saturated rings. The number of carbonyl (C=O) groups is 2. The average Bonchev–Trinajstić information content (AvgIpc) is 2.72. The van der Waals surface area contributed by atoms with Crippen LogP contribution in [-0.4, -0.2) is 49.0 Å². The summed E-state index contributed by atoms with van der Waals surface area (Å²) < 4.78 is 18.4. The van der Waals surface area contributed by atoms with Crippen molar-refractivity contribution in [2.45, 2.75) is 18.9 Å². The Bertz CT molecular complexity index is 863.